The Labute approximate surface area is 159 Å². The molecule has 2 aromatic rings. The van der Waals surface area contributed by atoms with Crippen molar-refractivity contribution in [1.82, 2.24) is 10.2 Å². The molecule has 2 aromatic carbocycles. The summed E-state index contributed by atoms with van der Waals surface area (Å²) in [5.74, 6) is -0.230. The molecule has 6 nitrogen and oxygen atoms in total. The lowest BCUT2D eigenvalue weighted by Crippen LogP contribution is -2.27. The summed E-state index contributed by atoms with van der Waals surface area (Å²) in [5.41, 5.74) is 0.712. The Hall–Kier alpha value is -2.09. The zero-order valence-electron chi connectivity index (χ0n) is 14.7. The van der Waals surface area contributed by atoms with Crippen molar-refractivity contribution < 1.29 is 13.2 Å². The van der Waals surface area contributed by atoms with E-state index in [1.807, 2.05) is 19.0 Å². The van der Waals surface area contributed by atoms with E-state index in [1.54, 1.807) is 24.3 Å². The second kappa shape index (κ2) is 9.02. The van der Waals surface area contributed by atoms with E-state index in [-0.39, 0.29) is 10.8 Å². The molecule has 0 aromatic heterocycles. The lowest BCUT2D eigenvalue weighted by atomic mass is 10.2. The van der Waals surface area contributed by atoms with Crippen molar-refractivity contribution in [3.05, 3.63) is 59.1 Å². The summed E-state index contributed by atoms with van der Waals surface area (Å²) in [6.07, 6.45) is 0.840. The number of para-hydroxylation sites is 1. The number of carbonyl (C=O) groups excluding carboxylic acids is 1. The van der Waals surface area contributed by atoms with Crippen LogP contribution in [0.2, 0.25) is 5.02 Å². The van der Waals surface area contributed by atoms with E-state index in [1.165, 1.54) is 24.3 Å². The fourth-order valence-corrected chi connectivity index (χ4v) is 3.55. The quantitative estimate of drug-likeness (QED) is 0.673. The summed E-state index contributed by atoms with van der Waals surface area (Å²) in [7, 11) is 0.159. The number of carbonyl (C=O) groups is 1. The van der Waals surface area contributed by atoms with Gasteiger partial charge in [0.25, 0.3) is 15.9 Å². The minimum atomic E-state index is -3.78. The number of hydrogen-bond donors (Lipinski definition) is 2. The maximum absolute atomic E-state index is 12.4. The van der Waals surface area contributed by atoms with E-state index in [4.69, 9.17) is 11.6 Å². The van der Waals surface area contributed by atoms with Crippen molar-refractivity contribution in [2.24, 2.45) is 0 Å². The van der Waals surface area contributed by atoms with Gasteiger partial charge < -0.3 is 10.2 Å². The van der Waals surface area contributed by atoms with E-state index in [2.05, 4.69) is 10.0 Å². The molecule has 0 atom stereocenters. The molecular formula is C18H22ClN3O3S. The van der Waals surface area contributed by atoms with E-state index in [9.17, 15) is 13.2 Å². The van der Waals surface area contributed by atoms with Crippen LogP contribution in [0, 0.1) is 0 Å². The molecule has 8 heteroatoms. The summed E-state index contributed by atoms with van der Waals surface area (Å²) in [5, 5.41) is 3.12. The van der Waals surface area contributed by atoms with E-state index >= 15 is 0 Å². The molecule has 0 fully saturated rings. The lowest BCUT2D eigenvalue weighted by molar-refractivity contribution is 0.0952. The highest BCUT2D eigenvalue weighted by atomic mass is 35.5. The van der Waals surface area contributed by atoms with Crippen LogP contribution in [0.4, 0.5) is 5.69 Å². The first kappa shape index (κ1) is 20.2. The summed E-state index contributed by atoms with van der Waals surface area (Å²) in [6.45, 7) is 1.44. The van der Waals surface area contributed by atoms with Crippen LogP contribution in [0.5, 0.6) is 0 Å². The maximum Gasteiger partial charge on any atom is 0.261 e. The van der Waals surface area contributed by atoms with Gasteiger partial charge in [0.05, 0.1) is 15.6 Å². The van der Waals surface area contributed by atoms with Gasteiger partial charge in [-0.05, 0) is 63.5 Å². The van der Waals surface area contributed by atoms with Crippen molar-refractivity contribution in [2.75, 3.05) is 31.9 Å². The molecule has 0 aliphatic rings. The Bertz CT molecular complexity index is 852. The molecule has 0 aliphatic carbocycles. The maximum atomic E-state index is 12.4. The number of amides is 1. The van der Waals surface area contributed by atoms with Gasteiger partial charge in [-0.3, -0.25) is 9.52 Å². The van der Waals surface area contributed by atoms with Gasteiger partial charge >= 0.3 is 0 Å². The Morgan fingerprint density at radius 1 is 1.08 bits per heavy atom. The summed E-state index contributed by atoms with van der Waals surface area (Å²) in [6, 6.07) is 12.4. The highest BCUT2D eigenvalue weighted by Crippen LogP contribution is 2.24. The highest BCUT2D eigenvalue weighted by Gasteiger charge is 2.16. The normalized spacial score (nSPS) is 11.4. The average molecular weight is 396 g/mol. The number of rotatable bonds is 8. The third-order valence-corrected chi connectivity index (χ3v) is 5.32. The van der Waals surface area contributed by atoms with Crippen molar-refractivity contribution in [2.45, 2.75) is 11.3 Å². The van der Waals surface area contributed by atoms with Gasteiger partial charge in [0.1, 0.15) is 0 Å². The van der Waals surface area contributed by atoms with Gasteiger partial charge in [-0.25, -0.2) is 8.42 Å². The Morgan fingerprint density at radius 3 is 2.35 bits per heavy atom. The zero-order chi connectivity index (χ0) is 19.2. The molecule has 0 unspecified atom stereocenters. The first-order valence-corrected chi connectivity index (χ1v) is 9.96. The van der Waals surface area contributed by atoms with Crippen molar-refractivity contribution >= 4 is 33.2 Å². The Balaban J connectivity index is 2.01. The molecular weight excluding hydrogens is 374 g/mol. The largest absolute Gasteiger partial charge is 0.352 e. The molecule has 2 rings (SSSR count). The molecule has 1 amide bonds. The molecule has 0 spiro atoms. The second-order valence-corrected chi connectivity index (χ2v) is 8.11. The van der Waals surface area contributed by atoms with Crippen LogP contribution in [0.25, 0.3) is 0 Å². The first-order chi connectivity index (χ1) is 12.3. The summed E-state index contributed by atoms with van der Waals surface area (Å²) >= 11 is 5.98. The minimum Gasteiger partial charge on any atom is -0.352 e. The molecule has 2 N–H and O–H groups in total. The fourth-order valence-electron chi connectivity index (χ4n) is 2.23. The predicted molar refractivity (Wildman–Crippen MR) is 104 cm³/mol. The third kappa shape index (κ3) is 5.72. The van der Waals surface area contributed by atoms with Crippen LogP contribution in [-0.2, 0) is 10.0 Å². The van der Waals surface area contributed by atoms with Gasteiger partial charge in [0, 0.05) is 12.1 Å². The molecule has 0 saturated carbocycles. The Morgan fingerprint density at radius 2 is 1.73 bits per heavy atom. The summed E-state index contributed by atoms with van der Waals surface area (Å²) < 4.78 is 27.3. The SMILES string of the molecule is CN(C)CCCNC(=O)c1ccc(S(=O)(=O)Nc2ccccc2Cl)cc1. The number of halogens is 1. The van der Waals surface area contributed by atoms with Gasteiger partial charge in [0.15, 0.2) is 0 Å². The van der Waals surface area contributed by atoms with Gasteiger partial charge in [-0.1, -0.05) is 23.7 Å². The topological polar surface area (TPSA) is 78.5 Å². The number of sulfonamides is 1. The zero-order valence-corrected chi connectivity index (χ0v) is 16.3. The molecule has 0 bridgehead atoms. The first-order valence-electron chi connectivity index (χ1n) is 8.10. The van der Waals surface area contributed by atoms with Crippen molar-refractivity contribution in [1.29, 1.82) is 0 Å². The lowest BCUT2D eigenvalue weighted by Gasteiger charge is -2.11. The van der Waals surface area contributed by atoms with Crippen LogP contribution in [0.1, 0.15) is 16.8 Å². The number of benzene rings is 2. The number of nitrogens with zero attached hydrogens (tertiary/aromatic N) is 1. The predicted octanol–water partition coefficient (Wildman–Crippen LogP) is 2.82. The van der Waals surface area contributed by atoms with Crippen LogP contribution in [-0.4, -0.2) is 46.4 Å². The van der Waals surface area contributed by atoms with Crippen LogP contribution >= 0.6 is 11.6 Å². The number of nitrogens with one attached hydrogen (secondary N) is 2. The molecule has 0 saturated heterocycles. The van der Waals surface area contributed by atoms with Crippen molar-refractivity contribution in [3.8, 4) is 0 Å². The van der Waals surface area contributed by atoms with Crippen LogP contribution < -0.4 is 10.0 Å². The van der Waals surface area contributed by atoms with E-state index in [0.29, 0.717) is 22.8 Å². The number of anilines is 1. The molecule has 0 radical (unpaired) electrons. The molecule has 0 aliphatic heterocycles. The van der Waals surface area contributed by atoms with E-state index < -0.39 is 10.0 Å². The fraction of sp³-hybridized carbons (Fsp3) is 0.278. The third-order valence-electron chi connectivity index (χ3n) is 3.61. The smallest absolute Gasteiger partial charge is 0.261 e. The van der Waals surface area contributed by atoms with Gasteiger partial charge in [0.2, 0.25) is 0 Å². The van der Waals surface area contributed by atoms with Crippen molar-refractivity contribution in [3.63, 3.8) is 0 Å². The van der Waals surface area contributed by atoms with E-state index in [0.717, 1.165) is 13.0 Å². The highest BCUT2D eigenvalue weighted by molar-refractivity contribution is 7.92. The number of hydrogen-bond acceptors (Lipinski definition) is 4. The van der Waals surface area contributed by atoms with Gasteiger partial charge in [-0.2, -0.15) is 0 Å². The molecule has 26 heavy (non-hydrogen) atoms. The molecule has 0 heterocycles. The Kier molecular flexibility index (Phi) is 7.02. The van der Waals surface area contributed by atoms with Gasteiger partial charge in [-0.15, -0.1) is 0 Å². The van der Waals surface area contributed by atoms with Crippen LogP contribution in [0.15, 0.2) is 53.4 Å². The second-order valence-electron chi connectivity index (χ2n) is 6.02. The summed E-state index contributed by atoms with van der Waals surface area (Å²) in [4.78, 5) is 14.2. The average Bonchev–Trinajstić information content (AvgIpc) is 2.60. The minimum absolute atomic E-state index is 0.0570. The monoisotopic (exact) mass is 395 g/mol. The standard InChI is InChI=1S/C18H22ClN3O3S/c1-22(2)13-5-12-20-18(23)14-8-10-15(11-9-14)26(24,25)21-17-7-4-3-6-16(17)19/h3-4,6-11,21H,5,12-13H2,1-2H3,(H,20,23). The molecule has 140 valence electrons. The van der Waals surface area contributed by atoms with Crippen LogP contribution in [0.3, 0.4) is 0 Å².